The fourth-order valence-electron chi connectivity index (χ4n) is 4.04. The van der Waals surface area contributed by atoms with E-state index >= 15 is 0 Å². The van der Waals surface area contributed by atoms with E-state index in [4.69, 9.17) is 0 Å². The number of nitrogens with zero attached hydrogens (tertiary/aromatic N) is 1. The van der Waals surface area contributed by atoms with Gasteiger partial charge in [0, 0.05) is 5.92 Å². The third-order valence-electron chi connectivity index (χ3n) is 5.45. The molecule has 1 heteroatoms. The maximum absolute atomic E-state index is 2.52. The minimum absolute atomic E-state index is 0.909. The second kappa shape index (κ2) is 4.45. The summed E-state index contributed by atoms with van der Waals surface area (Å²) in [5, 5.41) is 0. The second-order valence-corrected chi connectivity index (χ2v) is 6.11. The van der Waals surface area contributed by atoms with Crippen molar-refractivity contribution in [2.45, 2.75) is 71.4 Å². The van der Waals surface area contributed by atoms with Gasteiger partial charge < -0.3 is 4.48 Å². The molecule has 1 spiro atoms. The molecule has 2 rings (SSSR count). The summed E-state index contributed by atoms with van der Waals surface area (Å²) < 4.78 is 1.46. The first-order valence-electron chi connectivity index (χ1n) is 7.03. The smallest absolute Gasteiger partial charge is 0.0889 e. The second-order valence-electron chi connectivity index (χ2n) is 6.11. The van der Waals surface area contributed by atoms with Gasteiger partial charge in [0.25, 0.3) is 0 Å². The number of hydrogen-bond acceptors (Lipinski definition) is 0. The van der Waals surface area contributed by atoms with E-state index in [1.165, 1.54) is 56.1 Å². The Bertz CT molecular complexity index is 203. The Balaban J connectivity index is 2.19. The first-order valence-corrected chi connectivity index (χ1v) is 7.03. The van der Waals surface area contributed by atoms with Crippen molar-refractivity contribution in [3.05, 3.63) is 0 Å². The van der Waals surface area contributed by atoms with Crippen molar-refractivity contribution < 1.29 is 4.48 Å². The minimum atomic E-state index is 0.909. The molecule has 2 aliphatic rings. The molecule has 0 bridgehead atoms. The molecular weight excluding hydrogens is 182 g/mol. The first-order chi connectivity index (χ1) is 7.17. The van der Waals surface area contributed by atoms with Crippen LogP contribution in [0.25, 0.3) is 0 Å². The molecule has 2 aliphatic heterocycles. The van der Waals surface area contributed by atoms with Crippen LogP contribution in [0, 0.1) is 5.92 Å². The highest BCUT2D eigenvalue weighted by molar-refractivity contribution is 4.75. The average Bonchev–Trinajstić information content (AvgIpc) is 2.48. The summed E-state index contributed by atoms with van der Waals surface area (Å²) in [6, 6.07) is 1.83. The van der Waals surface area contributed by atoms with E-state index in [0.717, 1.165) is 18.0 Å². The number of hydrogen-bond donors (Lipinski definition) is 0. The van der Waals surface area contributed by atoms with Gasteiger partial charge in [-0.2, -0.15) is 0 Å². The van der Waals surface area contributed by atoms with Crippen molar-refractivity contribution in [1.82, 2.24) is 0 Å². The summed E-state index contributed by atoms with van der Waals surface area (Å²) in [7, 11) is 0. The van der Waals surface area contributed by atoms with Gasteiger partial charge in [-0.1, -0.05) is 6.92 Å². The van der Waals surface area contributed by atoms with Crippen molar-refractivity contribution in [2.75, 3.05) is 13.1 Å². The lowest BCUT2D eigenvalue weighted by atomic mass is 9.84. The number of piperidine rings is 1. The molecule has 0 N–H and O–H groups in total. The van der Waals surface area contributed by atoms with Crippen molar-refractivity contribution >= 4 is 0 Å². The Kier molecular flexibility index (Phi) is 3.39. The number of quaternary nitrogens is 1. The number of rotatable bonds is 0. The lowest BCUT2D eigenvalue weighted by Crippen LogP contribution is -2.64. The van der Waals surface area contributed by atoms with E-state index in [1.54, 1.807) is 0 Å². The zero-order valence-electron chi connectivity index (χ0n) is 10.8. The van der Waals surface area contributed by atoms with Gasteiger partial charge in [-0.05, 0) is 52.4 Å². The van der Waals surface area contributed by atoms with Gasteiger partial charge in [0.05, 0.1) is 25.2 Å². The van der Waals surface area contributed by atoms with Crippen LogP contribution < -0.4 is 0 Å². The molecule has 0 aromatic rings. The molecule has 0 radical (unpaired) electrons. The SMILES string of the molecule is CC1CCC(C)[N+]2(CCCCCC2)C1C. The summed E-state index contributed by atoms with van der Waals surface area (Å²) in [5.41, 5.74) is 0. The average molecular weight is 210 g/mol. The van der Waals surface area contributed by atoms with E-state index in [1.807, 2.05) is 0 Å². The third-order valence-corrected chi connectivity index (χ3v) is 5.45. The highest BCUT2D eigenvalue weighted by Gasteiger charge is 2.44. The van der Waals surface area contributed by atoms with Crippen LogP contribution in [0.3, 0.4) is 0 Å². The molecule has 0 aromatic heterocycles. The molecule has 15 heavy (non-hydrogen) atoms. The Morgan fingerprint density at radius 2 is 1.40 bits per heavy atom. The van der Waals surface area contributed by atoms with Crippen LogP contribution in [0.2, 0.25) is 0 Å². The van der Waals surface area contributed by atoms with Gasteiger partial charge in [0.1, 0.15) is 0 Å². The molecule has 2 fully saturated rings. The Hall–Kier alpha value is -0.0400. The van der Waals surface area contributed by atoms with E-state index < -0.39 is 0 Å². The highest BCUT2D eigenvalue weighted by atomic mass is 15.4. The van der Waals surface area contributed by atoms with Crippen molar-refractivity contribution in [3.63, 3.8) is 0 Å². The molecule has 1 nitrogen and oxygen atoms in total. The fourth-order valence-corrected chi connectivity index (χ4v) is 4.04. The van der Waals surface area contributed by atoms with Crippen LogP contribution in [0.1, 0.15) is 59.3 Å². The molecule has 0 aromatic carbocycles. The molecule has 88 valence electrons. The van der Waals surface area contributed by atoms with Gasteiger partial charge in [-0.15, -0.1) is 0 Å². The maximum Gasteiger partial charge on any atom is 0.0889 e. The van der Waals surface area contributed by atoms with Gasteiger partial charge in [0.15, 0.2) is 0 Å². The zero-order chi connectivity index (χ0) is 10.9. The van der Waals surface area contributed by atoms with Gasteiger partial charge in [-0.3, -0.25) is 0 Å². The fraction of sp³-hybridized carbons (Fsp3) is 1.00. The van der Waals surface area contributed by atoms with Crippen LogP contribution in [-0.4, -0.2) is 29.7 Å². The molecule has 2 heterocycles. The zero-order valence-corrected chi connectivity index (χ0v) is 10.8. The van der Waals surface area contributed by atoms with Crippen LogP contribution >= 0.6 is 0 Å². The van der Waals surface area contributed by atoms with E-state index in [-0.39, 0.29) is 0 Å². The van der Waals surface area contributed by atoms with Gasteiger partial charge in [-0.25, -0.2) is 0 Å². The van der Waals surface area contributed by atoms with Gasteiger partial charge >= 0.3 is 0 Å². The topological polar surface area (TPSA) is 0 Å². The third kappa shape index (κ3) is 1.95. The first kappa shape index (κ1) is 11.4. The molecular formula is C14H28N+. The lowest BCUT2D eigenvalue weighted by Gasteiger charge is -2.53. The van der Waals surface area contributed by atoms with Crippen LogP contribution in [0.5, 0.6) is 0 Å². The van der Waals surface area contributed by atoms with Crippen LogP contribution in [0.15, 0.2) is 0 Å². The molecule has 0 saturated carbocycles. The van der Waals surface area contributed by atoms with Crippen LogP contribution in [0.4, 0.5) is 0 Å². The Morgan fingerprint density at radius 3 is 2.00 bits per heavy atom. The molecule has 2 saturated heterocycles. The summed E-state index contributed by atoms with van der Waals surface area (Å²) in [5.74, 6) is 0.944. The van der Waals surface area contributed by atoms with Gasteiger partial charge in [0.2, 0.25) is 0 Å². The highest BCUT2D eigenvalue weighted by Crippen LogP contribution is 2.37. The maximum atomic E-state index is 2.52. The lowest BCUT2D eigenvalue weighted by molar-refractivity contribution is -0.977. The predicted octanol–water partition coefficient (Wildman–Crippen LogP) is 3.58. The van der Waals surface area contributed by atoms with Crippen molar-refractivity contribution in [2.24, 2.45) is 5.92 Å². The standard InChI is InChI=1S/C14H28N/c1-12-8-9-13(2)15(14(12)3)10-6-4-5-7-11-15/h12-14H,4-11H2,1-3H3/q+1. The Morgan fingerprint density at radius 1 is 0.800 bits per heavy atom. The van der Waals surface area contributed by atoms with E-state index in [9.17, 15) is 0 Å². The van der Waals surface area contributed by atoms with Crippen molar-refractivity contribution in [1.29, 1.82) is 0 Å². The molecule has 0 aliphatic carbocycles. The summed E-state index contributed by atoms with van der Waals surface area (Å²) in [4.78, 5) is 0. The van der Waals surface area contributed by atoms with E-state index in [2.05, 4.69) is 20.8 Å². The monoisotopic (exact) mass is 210 g/mol. The summed E-state index contributed by atoms with van der Waals surface area (Å²) >= 11 is 0. The normalized spacial score (nSPS) is 41.4. The minimum Gasteiger partial charge on any atom is -0.319 e. The summed E-state index contributed by atoms with van der Waals surface area (Å²) in [6.07, 6.45) is 8.83. The van der Waals surface area contributed by atoms with Crippen molar-refractivity contribution in [3.8, 4) is 0 Å². The molecule has 0 amide bonds. The molecule has 3 unspecified atom stereocenters. The summed E-state index contributed by atoms with van der Waals surface area (Å²) in [6.45, 7) is 10.4. The quantitative estimate of drug-likeness (QED) is 0.536. The van der Waals surface area contributed by atoms with Crippen LogP contribution in [-0.2, 0) is 0 Å². The van der Waals surface area contributed by atoms with E-state index in [0.29, 0.717) is 0 Å². The molecule has 3 atom stereocenters. The predicted molar refractivity (Wildman–Crippen MR) is 65.8 cm³/mol. The Labute approximate surface area is 95.4 Å². The largest absolute Gasteiger partial charge is 0.319 e.